The van der Waals surface area contributed by atoms with Gasteiger partial charge >= 0.3 is 5.97 Å². The van der Waals surface area contributed by atoms with Crippen LogP contribution in [0.25, 0.3) is 0 Å². The van der Waals surface area contributed by atoms with Crippen LogP contribution in [-0.2, 0) is 4.79 Å². The summed E-state index contributed by atoms with van der Waals surface area (Å²) in [6.45, 7) is 6.20. The van der Waals surface area contributed by atoms with Gasteiger partial charge in [0.15, 0.2) is 0 Å². The SMILES string of the molecule is Cc1cc(OC(=O)CCN2C(=O)c3ccccc3C2=O)ccc1C(C)C. The number of rotatable bonds is 5. The van der Waals surface area contributed by atoms with Crippen molar-refractivity contribution in [1.29, 1.82) is 0 Å². The lowest BCUT2D eigenvalue weighted by Crippen LogP contribution is -2.32. The number of amides is 2. The zero-order valence-electron chi connectivity index (χ0n) is 15.1. The zero-order chi connectivity index (χ0) is 18.8. The lowest BCUT2D eigenvalue weighted by molar-refractivity contribution is -0.134. The highest BCUT2D eigenvalue weighted by Crippen LogP contribution is 2.25. The number of fused-ring (bicyclic) bond motifs is 1. The minimum absolute atomic E-state index is 0.00817. The molecule has 2 aromatic rings. The largest absolute Gasteiger partial charge is 0.426 e. The molecule has 0 atom stereocenters. The van der Waals surface area contributed by atoms with E-state index in [1.165, 1.54) is 5.56 Å². The molecule has 0 spiro atoms. The number of carbonyl (C=O) groups is 3. The van der Waals surface area contributed by atoms with E-state index in [1.54, 1.807) is 30.3 Å². The Morgan fingerprint density at radius 2 is 1.65 bits per heavy atom. The van der Waals surface area contributed by atoms with Crippen LogP contribution in [0.4, 0.5) is 0 Å². The van der Waals surface area contributed by atoms with Crippen molar-refractivity contribution in [1.82, 2.24) is 4.90 Å². The van der Waals surface area contributed by atoms with Crippen molar-refractivity contribution in [2.45, 2.75) is 33.1 Å². The van der Waals surface area contributed by atoms with Gasteiger partial charge in [0.1, 0.15) is 5.75 Å². The Kier molecular flexibility index (Phi) is 4.89. The third-order valence-electron chi connectivity index (χ3n) is 4.51. The molecule has 1 heterocycles. The Bertz CT molecular complexity index is 850. The fraction of sp³-hybridized carbons (Fsp3) is 0.286. The third-order valence-corrected chi connectivity index (χ3v) is 4.51. The molecule has 3 rings (SSSR count). The fourth-order valence-corrected chi connectivity index (χ4v) is 3.19. The lowest BCUT2D eigenvalue weighted by Gasteiger charge is -2.14. The average molecular weight is 351 g/mol. The second kappa shape index (κ2) is 7.12. The molecule has 134 valence electrons. The summed E-state index contributed by atoms with van der Waals surface area (Å²) < 4.78 is 5.35. The van der Waals surface area contributed by atoms with Crippen LogP contribution >= 0.6 is 0 Å². The van der Waals surface area contributed by atoms with Crippen LogP contribution in [-0.4, -0.2) is 29.2 Å². The number of aryl methyl sites for hydroxylation is 1. The van der Waals surface area contributed by atoms with E-state index in [4.69, 9.17) is 4.74 Å². The topological polar surface area (TPSA) is 63.7 Å². The first-order valence-electron chi connectivity index (χ1n) is 8.65. The van der Waals surface area contributed by atoms with E-state index in [9.17, 15) is 14.4 Å². The second-order valence-electron chi connectivity index (χ2n) is 6.70. The van der Waals surface area contributed by atoms with Gasteiger partial charge in [-0.05, 0) is 48.2 Å². The van der Waals surface area contributed by atoms with E-state index in [0.717, 1.165) is 10.5 Å². The average Bonchev–Trinajstić information content (AvgIpc) is 2.84. The molecule has 1 aliphatic rings. The van der Waals surface area contributed by atoms with E-state index >= 15 is 0 Å². The van der Waals surface area contributed by atoms with Gasteiger partial charge in [0.05, 0.1) is 17.5 Å². The smallest absolute Gasteiger partial charge is 0.312 e. The monoisotopic (exact) mass is 351 g/mol. The molecule has 5 heteroatoms. The first-order chi connectivity index (χ1) is 12.4. The summed E-state index contributed by atoms with van der Waals surface area (Å²) in [5.41, 5.74) is 3.03. The number of ether oxygens (including phenoxy) is 1. The molecule has 2 amide bonds. The highest BCUT2D eigenvalue weighted by Gasteiger charge is 2.35. The standard InChI is InChI=1S/C21H21NO4/c1-13(2)16-9-8-15(12-14(16)3)26-19(23)10-11-22-20(24)17-6-4-5-7-18(17)21(22)25/h4-9,12-13H,10-11H2,1-3H3. The fourth-order valence-electron chi connectivity index (χ4n) is 3.19. The first-order valence-corrected chi connectivity index (χ1v) is 8.65. The molecule has 2 aromatic carbocycles. The molecule has 0 saturated heterocycles. The normalized spacial score (nSPS) is 13.3. The summed E-state index contributed by atoms with van der Waals surface area (Å²) in [6.07, 6.45) is -0.0452. The van der Waals surface area contributed by atoms with Crippen molar-refractivity contribution in [3.63, 3.8) is 0 Å². The van der Waals surface area contributed by atoms with E-state index in [1.807, 2.05) is 19.1 Å². The van der Waals surface area contributed by atoms with Crippen LogP contribution in [0.3, 0.4) is 0 Å². The number of hydrogen-bond donors (Lipinski definition) is 0. The number of nitrogens with zero attached hydrogens (tertiary/aromatic N) is 1. The predicted molar refractivity (Wildman–Crippen MR) is 97.3 cm³/mol. The number of benzene rings is 2. The minimum Gasteiger partial charge on any atom is -0.426 e. The van der Waals surface area contributed by atoms with Gasteiger partial charge in [0.25, 0.3) is 11.8 Å². The minimum atomic E-state index is -0.474. The Labute approximate surface area is 152 Å². The molecule has 0 saturated carbocycles. The Morgan fingerprint density at radius 1 is 1.04 bits per heavy atom. The van der Waals surface area contributed by atoms with Crippen LogP contribution < -0.4 is 4.74 Å². The van der Waals surface area contributed by atoms with Gasteiger partial charge in [-0.3, -0.25) is 19.3 Å². The summed E-state index contributed by atoms with van der Waals surface area (Å²) in [4.78, 5) is 37.8. The van der Waals surface area contributed by atoms with Crippen molar-refractivity contribution in [3.8, 4) is 5.75 Å². The first kappa shape index (κ1) is 17.9. The van der Waals surface area contributed by atoms with Crippen molar-refractivity contribution in [3.05, 3.63) is 64.7 Å². The van der Waals surface area contributed by atoms with Crippen LogP contribution in [0.2, 0.25) is 0 Å². The Hall–Kier alpha value is -2.95. The van der Waals surface area contributed by atoms with Gasteiger partial charge in [-0.15, -0.1) is 0 Å². The predicted octanol–water partition coefficient (Wildman–Crippen LogP) is 3.71. The maximum Gasteiger partial charge on any atom is 0.312 e. The van der Waals surface area contributed by atoms with Gasteiger partial charge in [-0.1, -0.05) is 32.0 Å². The molecule has 5 nitrogen and oxygen atoms in total. The summed E-state index contributed by atoms with van der Waals surface area (Å²) in [5, 5.41) is 0. The highest BCUT2D eigenvalue weighted by atomic mass is 16.5. The number of carbonyl (C=O) groups excluding carboxylic acids is 3. The quantitative estimate of drug-likeness (QED) is 0.468. The third kappa shape index (κ3) is 3.38. The van der Waals surface area contributed by atoms with E-state index in [-0.39, 0.29) is 24.8 Å². The van der Waals surface area contributed by atoms with Gasteiger partial charge in [-0.2, -0.15) is 0 Å². The molecular weight excluding hydrogens is 330 g/mol. The maximum atomic E-state index is 12.3. The Morgan fingerprint density at radius 3 is 2.19 bits per heavy atom. The van der Waals surface area contributed by atoms with Crippen molar-refractivity contribution < 1.29 is 19.1 Å². The molecule has 0 bridgehead atoms. The molecule has 0 aliphatic carbocycles. The van der Waals surface area contributed by atoms with Gasteiger partial charge in [0, 0.05) is 6.54 Å². The molecule has 1 aliphatic heterocycles. The number of esters is 1. The summed E-state index contributed by atoms with van der Waals surface area (Å²) in [6, 6.07) is 12.2. The van der Waals surface area contributed by atoms with E-state index in [2.05, 4.69) is 13.8 Å². The van der Waals surface area contributed by atoms with Gasteiger partial charge in [0.2, 0.25) is 0 Å². The molecule has 26 heavy (non-hydrogen) atoms. The van der Waals surface area contributed by atoms with Crippen LogP contribution in [0.15, 0.2) is 42.5 Å². The van der Waals surface area contributed by atoms with Crippen molar-refractivity contribution in [2.75, 3.05) is 6.54 Å². The number of hydrogen-bond acceptors (Lipinski definition) is 4. The van der Waals surface area contributed by atoms with E-state index in [0.29, 0.717) is 22.8 Å². The summed E-state index contributed by atoms with van der Waals surface area (Å²) >= 11 is 0. The van der Waals surface area contributed by atoms with Crippen LogP contribution in [0, 0.1) is 6.92 Å². The molecule has 0 N–H and O–H groups in total. The molecule has 0 aromatic heterocycles. The van der Waals surface area contributed by atoms with Crippen molar-refractivity contribution >= 4 is 17.8 Å². The van der Waals surface area contributed by atoms with Gasteiger partial charge in [-0.25, -0.2) is 0 Å². The van der Waals surface area contributed by atoms with E-state index < -0.39 is 5.97 Å². The molecule has 0 unspecified atom stereocenters. The molecule has 0 fully saturated rings. The summed E-state index contributed by atoms with van der Waals surface area (Å²) in [7, 11) is 0. The second-order valence-corrected chi connectivity index (χ2v) is 6.70. The molecular formula is C21H21NO4. The zero-order valence-corrected chi connectivity index (χ0v) is 15.1. The molecule has 0 radical (unpaired) electrons. The van der Waals surface area contributed by atoms with Gasteiger partial charge < -0.3 is 4.74 Å². The Balaban J connectivity index is 1.61. The lowest BCUT2D eigenvalue weighted by atomic mass is 9.98. The highest BCUT2D eigenvalue weighted by molar-refractivity contribution is 6.21. The number of imide groups is 1. The van der Waals surface area contributed by atoms with Crippen LogP contribution in [0.5, 0.6) is 5.75 Å². The maximum absolute atomic E-state index is 12.3. The van der Waals surface area contributed by atoms with Crippen LogP contribution in [0.1, 0.15) is 58.0 Å². The summed E-state index contributed by atoms with van der Waals surface area (Å²) in [5.74, 6) is -0.336. The van der Waals surface area contributed by atoms with Crippen molar-refractivity contribution in [2.24, 2.45) is 0 Å².